The monoisotopic (exact) mass is 285 g/mol. The van der Waals surface area contributed by atoms with Gasteiger partial charge in [-0.05, 0) is 0 Å². The minimum atomic E-state index is -0.0378. The van der Waals surface area contributed by atoms with Crippen molar-refractivity contribution in [2.45, 2.75) is 52.4 Å². The van der Waals surface area contributed by atoms with E-state index in [1.54, 1.807) is 0 Å². The number of phenols is 1. The van der Waals surface area contributed by atoms with Crippen LogP contribution in [0.1, 0.15) is 52.7 Å². The van der Waals surface area contributed by atoms with E-state index in [-0.39, 0.29) is 10.8 Å². The van der Waals surface area contributed by atoms with Crippen LogP contribution in [0, 0.1) is 0 Å². The molecule has 0 heterocycles. The van der Waals surface area contributed by atoms with Crippen molar-refractivity contribution in [2.75, 3.05) is 0 Å². The van der Waals surface area contributed by atoms with Gasteiger partial charge in [-0.3, -0.25) is 0 Å². The van der Waals surface area contributed by atoms with Crippen LogP contribution in [0.4, 0.5) is 0 Å². The van der Waals surface area contributed by atoms with E-state index in [4.69, 9.17) is 0 Å². The average molecular weight is 284 g/mol. The molecule has 0 aromatic heterocycles. The molecule has 1 nitrogen and oxygen atoms in total. The normalized spacial score (nSPS) is 12.9. The molecular weight excluding hydrogens is 263 g/mol. The van der Waals surface area contributed by atoms with Crippen LogP contribution in [0.2, 0.25) is 0 Å². The number of hydrogen-bond acceptors (Lipinski definition) is 1. The molecule has 1 rings (SSSR count). The first kappa shape index (κ1) is 13.6. The molecule has 0 aliphatic rings. The van der Waals surface area contributed by atoms with Crippen molar-refractivity contribution in [2.24, 2.45) is 0 Å². The zero-order chi connectivity index (χ0) is 12.7. The van der Waals surface area contributed by atoms with E-state index < -0.39 is 0 Å². The van der Waals surface area contributed by atoms with Gasteiger partial charge in [0.25, 0.3) is 0 Å². The van der Waals surface area contributed by atoms with E-state index >= 15 is 0 Å². The van der Waals surface area contributed by atoms with Crippen LogP contribution in [0.15, 0.2) is 12.1 Å². The van der Waals surface area contributed by atoms with Crippen LogP contribution in [0.3, 0.4) is 0 Å². The van der Waals surface area contributed by atoms with Gasteiger partial charge in [-0.25, -0.2) is 0 Å². The van der Waals surface area contributed by atoms with Gasteiger partial charge >= 0.3 is 107 Å². The van der Waals surface area contributed by atoms with Gasteiger partial charge in [-0.15, -0.1) is 0 Å². The number of rotatable bonds is 0. The quantitative estimate of drug-likeness (QED) is 0.726. The summed E-state index contributed by atoms with van der Waals surface area (Å²) in [5, 5.41) is 10.1. The van der Waals surface area contributed by atoms with Gasteiger partial charge in [0.15, 0.2) is 0 Å². The van der Waals surface area contributed by atoms with Crippen molar-refractivity contribution in [3.63, 3.8) is 0 Å². The molecule has 0 amide bonds. The Balaban J connectivity index is 3.46. The summed E-state index contributed by atoms with van der Waals surface area (Å²) in [7, 11) is 0. The molecule has 1 aromatic rings. The first-order valence-electron chi connectivity index (χ1n) is 5.58. The number of phenolic OH excluding ortho intramolecular Hbond substituents is 1. The molecule has 1 N–H and O–H groups in total. The Kier molecular flexibility index (Phi) is 3.47. The summed E-state index contributed by atoms with van der Waals surface area (Å²) in [6, 6.07) is 4.15. The molecule has 2 heteroatoms. The maximum atomic E-state index is 10.1. The van der Waals surface area contributed by atoms with Gasteiger partial charge in [0, 0.05) is 0 Å². The van der Waals surface area contributed by atoms with Crippen molar-refractivity contribution >= 4 is 20.5 Å². The van der Waals surface area contributed by atoms with E-state index in [1.807, 2.05) is 6.07 Å². The summed E-state index contributed by atoms with van der Waals surface area (Å²) in [6.45, 7) is 12.9. The zero-order valence-electron chi connectivity index (χ0n) is 11.0. The summed E-state index contributed by atoms with van der Waals surface area (Å²) >= 11 is 2.95. The van der Waals surface area contributed by atoms with Crippen molar-refractivity contribution in [3.05, 3.63) is 23.3 Å². The summed E-state index contributed by atoms with van der Waals surface area (Å²) in [5.74, 6) is 0.389. The molecule has 0 spiro atoms. The number of aromatic hydroxyl groups is 1. The van der Waals surface area contributed by atoms with Crippen LogP contribution in [0.25, 0.3) is 0 Å². The molecule has 0 saturated carbocycles. The molecule has 1 radical (unpaired) electrons. The van der Waals surface area contributed by atoms with Gasteiger partial charge in [0.05, 0.1) is 0 Å². The predicted molar refractivity (Wildman–Crippen MR) is 70.9 cm³/mol. The molecule has 0 aliphatic heterocycles. The van der Waals surface area contributed by atoms with Crippen molar-refractivity contribution in [1.29, 1.82) is 0 Å². The SMILES string of the molecule is CC(C)(C)c1cc([Se])c(O)c(C(C)(C)C)c1. The second-order valence-electron chi connectivity index (χ2n) is 6.37. The fraction of sp³-hybridized carbons (Fsp3) is 0.571. The molecule has 0 bridgehead atoms. The second-order valence-corrected chi connectivity index (χ2v) is 7.29. The number of hydrogen-bond donors (Lipinski definition) is 1. The van der Waals surface area contributed by atoms with Crippen LogP contribution in [-0.2, 0) is 10.8 Å². The number of benzene rings is 1. The molecule has 0 aliphatic carbocycles. The Hall–Kier alpha value is -0.461. The van der Waals surface area contributed by atoms with Gasteiger partial charge in [0.1, 0.15) is 0 Å². The van der Waals surface area contributed by atoms with Crippen LogP contribution in [0.5, 0.6) is 5.75 Å². The molecule has 0 saturated heterocycles. The fourth-order valence-electron chi connectivity index (χ4n) is 1.61. The Labute approximate surface area is 107 Å². The first-order valence-corrected chi connectivity index (χ1v) is 6.44. The molecule has 0 unspecified atom stereocenters. The minimum absolute atomic E-state index is 0.0378. The summed E-state index contributed by atoms with van der Waals surface area (Å²) < 4.78 is 0.845. The third-order valence-electron chi connectivity index (χ3n) is 2.75. The summed E-state index contributed by atoms with van der Waals surface area (Å²) in [6.07, 6.45) is 0. The van der Waals surface area contributed by atoms with Crippen molar-refractivity contribution < 1.29 is 5.11 Å². The van der Waals surface area contributed by atoms with E-state index in [9.17, 15) is 5.11 Å². The van der Waals surface area contributed by atoms with Crippen LogP contribution >= 0.6 is 0 Å². The molecular formula is C14H21OSe. The zero-order valence-corrected chi connectivity index (χ0v) is 12.7. The van der Waals surface area contributed by atoms with E-state index in [1.165, 1.54) is 5.56 Å². The average Bonchev–Trinajstić information content (AvgIpc) is 2.05. The third kappa shape index (κ3) is 2.81. The first-order chi connectivity index (χ1) is 7.03. The molecule has 16 heavy (non-hydrogen) atoms. The maximum absolute atomic E-state index is 10.1. The van der Waals surface area contributed by atoms with Crippen molar-refractivity contribution in [1.82, 2.24) is 0 Å². The standard InChI is InChI=1S/C14H21OSe/c1-13(2,3)9-7-10(14(4,5)6)12(15)11(16)8-9/h7-8,15H,1-6H3. The van der Waals surface area contributed by atoms with Gasteiger partial charge < -0.3 is 0 Å². The predicted octanol–water partition coefficient (Wildman–Crippen LogP) is 2.78. The van der Waals surface area contributed by atoms with Gasteiger partial charge in [-0.1, -0.05) is 0 Å². The Morgan fingerprint density at radius 2 is 1.44 bits per heavy atom. The third-order valence-corrected chi connectivity index (χ3v) is 3.40. The van der Waals surface area contributed by atoms with Gasteiger partial charge in [-0.2, -0.15) is 0 Å². The van der Waals surface area contributed by atoms with E-state index in [0.29, 0.717) is 5.75 Å². The summed E-state index contributed by atoms with van der Waals surface area (Å²) in [4.78, 5) is 0. The molecule has 89 valence electrons. The molecule has 1 aromatic carbocycles. The summed E-state index contributed by atoms with van der Waals surface area (Å²) in [5.41, 5.74) is 2.33. The molecule has 0 atom stereocenters. The fourth-order valence-corrected chi connectivity index (χ4v) is 2.11. The second kappa shape index (κ2) is 4.09. The van der Waals surface area contributed by atoms with Crippen LogP contribution in [-0.4, -0.2) is 21.1 Å². The Morgan fingerprint density at radius 3 is 1.81 bits per heavy atom. The Morgan fingerprint density at radius 1 is 0.938 bits per heavy atom. The van der Waals surface area contributed by atoms with Gasteiger partial charge in [0.2, 0.25) is 0 Å². The van der Waals surface area contributed by atoms with E-state index in [2.05, 4.69) is 63.6 Å². The molecule has 0 fully saturated rings. The van der Waals surface area contributed by atoms with E-state index in [0.717, 1.165) is 10.0 Å². The topological polar surface area (TPSA) is 20.2 Å². The van der Waals surface area contributed by atoms with Crippen LogP contribution < -0.4 is 4.46 Å². The Bertz CT molecular complexity index is 394. The van der Waals surface area contributed by atoms with Crippen molar-refractivity contribution in [3.8, 4) is 5.75 Å².